The molecule has 2 atom stereocenters. The van der Waals surface area contributed by atoms with E-state index in [-0.39, 0.29) is 12.5 Å². The lowest BCUT2D eigenvalue weighted by atomic mass is 10.0. The molecule has 2 rings (SSSR count). The van der Waals surface area contributed by atoms with Gasteiger partial charge in [0.1, 0.15) is 5.75 Å². The van der Waals surface area contributed by atoms with E-state index in [2.05, 4.69) is 10.6 Å². The summed E-state index contributed by atoms with van der Waals surface area (Å²) < 4.78 is 10.1. The molecule has 0 spiro atoms. The molecular weight excluding hydrogens is 380 g/mol. The summed E-state index contributed by atoms with van der Waals surface area (Å²) >= 11 is 6.25. The van der Waals surface area contributed by atoms with Crippen molar-refractivity contribution in [2.24, 2.45) is 0 Å². The second-order valence-corrected chi connectivity index (χ2v) is 6.85. The van der Waals surface area contributed by atoms with Crippen LogP contribution in [0.3, 0.4) is 0 Å². The van der Waals surface area contributed by atoms with E-state index < -0.39 is 18.0 Å². The first-order valence-electron chi connectivity index (χ1n) is 8.88. The standard InChI is InChI=1S/C21H25ClN2O4/c1-13-9-10-19(27-3)16(11-13)14(2)23-21(26)24-18(12-20(25)28-4)15-7-5-6-8-17(15)22/h5-11,14,18H,12H2,1-4H3,(H2,23,24,26). The van der Waals surface area contributed by atoms with Crippen molar-refractivity contribution in [1.29, 1.82) is 0 Å². The Labute approximate surface area is 170 Å². The Kier molecular flexibility index (Phi) is 7.70. The number of esters is 1. The number of ether oxygens (including phenoxy) is 2. The molecule has 0 saturated carbocycles. The number of carbonyl (C=O) groups excluding carboxylic acids is 2. The van der Waals surface area contributed by atoms with Gasteiger partial charge >= 0.3 is 12.0 Å². The lowest BCUT2D eigenvalue weighted by molar-refractivity contribution is -0.141. The number of methoxy groups -OCH3 is 2. The van der Waals surface area contributed by atoms with Crippen LogP contribution in [-0.4, -0.2) is 26.2 Å². The maximum Gasteiger partial charge on any atom is 0.315 e. The lowest BCUT2D eigenvalue weighted by Gasteiger charge is -2.22. The number of hydrogen-bond donors (Lipinski definition) is 2. The molecule has 150 valence electrons. The highest BCUT2D eigenvalue weighted by atomic mass is 35.5. The highest BCUT2D eigenvalue weighted by Gasteiger charge is 2.22. The normalized spacial score (nSPS) is 12.6. The van der Waals surface area contributed by atoms with Gasteiger partial charge in [-0.15, -0.1) is 0 Å². The van der Waals surface area contributed by atoms with E-state index in [1.165, 1.54) is 7.11 Å². The number of nitrogens with one attached hydrogen (secondary N) is 2. The number of urea groups is 1. The fourth-order valence-electron chi connectivity index (χ4n) is 2.91. The van der Waals surface area contributed by atoms with Crippen LogP contribution < -0.4 is 15.4 Å². The van der Waals surface area contributed by atoms with Gasteiger partial charge in [-0.2, -0.15) is 0 Å². The van der Waals surface area contributed by atoms with Crippen LogP contribution in [0.5, 0.6) is 5.75 Å². The zero-order valence-corrected chi connectivity index (χ0v) is 17.2. The number of carbonyl (C=O) groups is 2. The molecular formula is C21H25ClN2O4. The Morgan fingerprint density at radius 2 is 1.79 bits per heavy atom. The van der Waals surface area contributed by atoms with Gasteiger partial charge in [0, 0.05) is 10.6 Å². The molecule has 0 bridgehead atoms. The van der Waals surface area contributed by atoms with E-state index in [0.717, 1.165) is 11.1 Å². The second-order valence-electron chi connectivity index (χ2n) is 6.44. The summed E-state index contributed by atoms with van der Waals surface area (Å²) in [7, 11) is 2.89. The summed E-state index contributed by atoms with van der Waals surface area (Å²) in [6.07, 6.45) is -0.0319. The number of benzene rings is 2. The van der Waals surface area contributed by atoms with Gasteiger partial charge in [0.2, 0.25) is 0 Å². The summed E-state index contributed by atoms with van der Waals surface area (Å²) in [5, 5.41) is 6.16. The Morgan fingerprint density at radius 1 is 1.07 bits per heavy atom. The molecule has 2 N–H and O–H groups in total. The van der Waals surface area contributed by atoms with Gasteiger partial charge in [0.25, 0.3) is 0 Å². The van der Waals surface area contributed by atoms with Crippen LogP contribution in [0.25, 0.3) is 0 Å². The zero-order valence-electron chi connectivity index (χ0n) is 16.4. The molecule has 2 unspecified atom stereocenters. The zero-order chi connectivity index (χ0) is 20.7. The third kappa shape index (κ3) is 5.63. The van der Waals surface area contributed by atoms with Crippen molar-refractivity contribution in [2.75, 3.05) is 14.2 Å². The molecule has 6 nitrogen and oxygen atoms in total. The van der Waals surface area contributed by atoms with E-state index in [4.69, 9.17) is 21.1 Å². The molecule has 0 radical (unpaired) electrons. The number of hydrogen-bond acceptors (Lipinski definition) is 4. The molecule has 0 heterocycles. The van der Waals surface area contributed by atoms with Crippen LogP contribution in [0.2, 0.25) is 5.02 Å². The van der Waals surface area contributed by atoms with E-state index in [9.17, 15) is 9.59 Å². The van der Waals surface area contributed by atoms with Crippen molar-refractivity contribution in [3.8, 4) is 5.75 Å². The molecule has 0 saturated heterocycles. The maximum absolute atomic E-state index is 12.6. The van der Waals surface area contributed by atoms with Crippen LogP contribution in [0.1, 0.15) is 42.1 Å². The molecule has 0 aliphatic carbocycles. The Balaban J connectivity index is 2.16. The third-order valence-electron chi connectivity index (χ3n) is 4.38. The topological polar surface area (TPSA) is 76.7 Å². The van der Waals surface area contributed by atoms with Crippen molar-refractivity contribution in [3.63, 3.8) is 0 Å². The van der Waals surface area contributed by atoms with Gasteiger partial charge in [0.15, 0.2) is 0 Å². The van der Waals surface area contributed by atoms with Gasteiger partial charge in [0.05, 0.1) is 32.7 Å². The fraction of sp³-hybridized carbons (Fsp3) is 0.333. The monoisotopic (exact) mass is 404 g/mol. The van der Waals surface area contributed by atoms with E-state index in [1.807, 2.05) is 32.0 Å². The van der Waals surface area contributed by atoms with Gasteiger partial charge in [-0.3, -0.25) is 4.79 Å². The Morgan fingerprint density at radius 3 is 2.43 bits per heavy atom. The van der Waals surface area contributed by atoms with Gasteiger partial charge in [-0.05, 0) is 31.5 Å². The average Bonchev–Trinajstić information content (AvgIpc) is 2.67. The summed E-state index contributed by atoms with van der Waals surface area (Å²) in [5.74, 6) is 0.245. The summed E-state index contributed by atoms with van der Waals surface area (Å²) in [6, 6.07) is 11.5. The third-order valence-corrected chi connectivity index (χ3v) is 4.73. The number of halogens is 1. The Hall–Kier alpha value is -2.73. The van der Waals surface area contributed by atoms with Crippen LogP contribution in [0.15, 0.2) is 42.5 Å². The quantitative estimate of drug-likeness (QED) is 0.673. The van der Waals surface area contributed by atoms with Gasteiger partial charge in [-0.1, -0.05) is 47.5 Å². The van der Waals surface area contributed by atoms with Crippen molar-refractivity contribution < 1.29 is 19.1 Å². The molecule has 0 aromatic heterocycles. The molecule has 2 aromatic carbocycles. The van der Waals surface area contributed by atoms with Crippen LogP contribution in [0, 0.1) is 6.92 Å². The first-order chi connectivity index (χ1) is 13.3. The van der Waals surface area contributed by atoms with Crippen molar-refractivity contribution >= 4 is 23.6 Å². The molecule has 7 heteroatoms. The van der Waals surface area contributed by atoms with Gasteiger partial charge in [-0.25, -0.2) is 4.79 Å². The van der Waals surface area contributed by atoms with E-state index in [1.54, 1.807) is 31.4 Å². The van der Waals surface area contributed by atoms with Crippen LogP contribution in [-0.2, 0) is 9.53 Å². The number of aryl methyl sites for hydroxylation is 1. The predicted octanol–water partition coefficient (Wildman–Crippen LogP) is 4.32. The summed E-state index contributed by atoms with van der Waals surface area (Å²) in [5.41, 5.74) is 2.56. The lowest BCUT2D eigenvalue weighted by Crippen LogP contribution is -2.40. The minimum absolute atomic E-state index is 0.0319. The molecule has 0 fully saturated rings. The number of rotatable bonds is 7. The van der Waals surface area contributed by atoms with Crippen LogP contribution >= 0.6 is 11.6 Å². The van der Waals surface area contributed by atoms with Gasteiger partial charge < -0.3 is 20.1 Å². The van der Waals surface area contributed by atoms with Crippen molar-refractivity contribution in [3.05, 3.63) is 64.2 Å². The highest BCUT2D eigenvalue weighted by molar-refractivity contribution is 6.31. The minimum atomic E-state index is -0.618. The van der Waals surface area contributed by atoms with Crippen LogP contribution in [0.4, 0.5) is 4.79 Å². The maximum atomic E-state index is 12.6. The molecule has 2 aromatic rings. The largest absolute Gasteiger partial charge is 0.496 e. The first-order valence-corrected chi connectivity index (χ1v) is 9.26. The number of amides is 2. The molecule has 0 aliphatic heterocycles. The summed E-state index contributed by atoms with van der Waals surface area (Å²) in [4.78, 5) is 24.4. The fourth-order valence-corrected chi connectivity index (χ4v) is 3.18. The minimum Gasteiger partial charge on any atom is -0.496 e. The van der Waals surface area contributed by atoms with Crippen molar-refractivity contribution in [1.82, 2.24) is 10.6 Å². The first kappa shape index (κ1) is 21.6. The molecule has 0 aliphatic rings. The average molecular weight is 405 g/mol. The SMILES string of the molecule is COC(=O)CC(NC(=O)NC(C)c1cc(C)ccc1OC)c1ccccc1Cl. The Bertz CT molecular complexity index is 841. The summed E-state index contributed by atoms with van der Waals surface area (Å²) in [6.45, 7) is 3.83. The smallest absolute Gasteiger partial charge is 0.315 e. The highest BCUT2D eigenvalue weighted by Crippen LogP contribution is 2.27. The van der Waals surface area contributed by atoms with Crippen molar-refractivity contribution in [2.45, 2.75) is 32.4 Å². The molecule has 28 heavy (non-hydrogen) atoms. The molecule has 2 amide bonds. The van der Waals surface area contributed by atoms with E-state index in [0.29, 0.717) is 16.3 Å². The van der Waals surface area contributed by atoms with E-state index >= 15 is 0 Å². The predicted molar refractivity (Wildman–Crippen MR) is 109 cm³/mol. The second kappa shape index (κ2) is 9.99.